The normalized spacial score (nSPS) is 10.4. The molecule has 1 aromatic carbocycles. The van der Waals surface area contributed by atoms with Gasteiger partial charge in [0.1, 0.15) is 0 Å². The molecule has 0 aliphatic heterocycles. The van der Waals surface area contributed by atoms with Gasteiger partial charge in [0.15, 0.2) is 0 Å². The van der Waals surface area contributed by atoms with Gasteiger partial charge in [-0.15, -0.1) is 0 Å². The van der Waals surface area contributed by atoms with Crippen molar-refractivity contribution in [2.45, 2.75) is 13.0 Å². The van der Waals surface area contributed by atoms with Crippen LogP contribution in [0, 0.1) is 0 Å². The maximum Gasteiger partial charge on any atom is 0.318 e. The molecule has 0 aliphatic rings. The molecular weight excluding hydrogens is 298 g/mol. The summed E-state index contributed by atoms with van der Waals surface area (Å²) in [5.41, 5.74) is 6.00. The van der Waals surface area contributed by atoms with E-state index in [-0.39, 0.29) is 12.3 Å². The summed E-state index contributed by atoms with van der Waals surface area (Å²) in [6, 6.07) is 7.10. The molecule has 98 valence electrons. The maximum atomic E-state index is 11.2. The van der Waals surface area contributed by atoms with Crippen LogP contribution in [0.25, 0.3) is 0 Å². The Morgan fingerprint density at radius 1 is 1.39 bits per heavy atom. The fourth-order valence-electron chi connectivity index (χ4n) is 1.49. The zero-order chi connectivity index (χ0) is 13.5. The third-order valence-corrected chi connectivity index (χ3v) is 3.15. The van der Waals surface area contributed by atoms with Gasteiger partial charge in [-0.05, 0) is 18.7 Å². The molecule has 1 aromatic rings. The van der Waals surface area contributed by atoms with E-state index in [4.69, 9.17) is 5.73 Å². The summed E-state index contributed by atoms with van der Waals surface area (Å²) in [6.07, 6.45) is 0.240. The molecule has 0 unspecified atom stereocenters. The van der Waals surface area contributed by atoms with Crippen molar-refractivity contribution in [1.29, 1.82) is 0 Å². The third kappa shape index (κ3) is 5.29. The van der Waals surface area contributed by atoms with Gasteiger partial charge in [-0.2, -0.15) is 0 Å². The number of hydrogen-bond donors (Lipinski definition) is 2. The zero-order valence-electron chi connectivity index (χ0n) is 10.1. The fraction of sp³-hybridized carbons (Fsp3) is 0.333. The topological polar surface area (TPSA) is 75.4 Å². The molecule has 5 nitrogen and oxygen atoms in total. The second-order valence-electron chi connectivity index (χ2n) is 3.99. The van der Waals surface area contributed by atoms with Crippen molar-refractivity contribution in [2.75, 3.05) is 13.6 Å². The number of benzene rings is 1. The van der Waals surface area contributed by atoms with Crippen LogP contribution in [-0.4, -0.2) is 30.4 Å². The minimum atomic E-state index is -0.812. The first-order valence-electron chi connectivity index (χ1n) is 5.50. The minimum Gasteiger partial charge on any atom is -0.351 e. The van der Waals surface area contributed by atoms with Crippen molar-refractivity contribution in [3.63, 3.8) is 0 Å². The number of amides is 3. The number of halogens is 1. The summed E-state index contributed by atoms with van der Waals surface area (Å²) in [5.74, 6) is -0.360. The average Bonchev–Trinajstić information content (AvgIpc) is 2.29. The third-order valence-electron chi connectivity index (χ3n) is 2.38. The van der Waals surface area contributed by atoms with Crippen molar-refractivity contribution < 1.29 is 9.59 Å². The van der Waals surface area contributed by atoms with Crippen LogP contribution >= 0.6 is 15.9 Å². The van der Waals surface area contributed by atoms with E-state index in [1.54, 1.807) is 0 Å². The fourth-order valence-corrected chi connectivity index (χ4v) is 1.90. The Labute approximate surface area is 114 Å². The predicted molar refractivity (Wildman–Crippen MR) is 72.8 cm³/mol. The van der Waals surface area contributed by atoms with Gasteiger partial charge in [0.25, 0.3) is 0 Å². The SMILES string of the molecule is CN(CCC(=O)NC(N)=O)Cc1ccccc1Br. The molecule has 6 heteroatoms. The molecule has 3 amide bonds. The van der Waals surface area contributed by atoms with Crippen LogP contribution in [0.5, 0.6) is 0 Å². The lowest BCUT2D eigenvalue weighted by Gasteiger charge is -2.17. The lowest BCUT2D eigenvalue weighted by Crippen LogP contribution is -2.36. The van der Waals surface area contributed by atoms with E-state index in [0.29, 0.717) is 6.54 Å². The maximum absolute atomic E-state index is 11.2. The highest BCUT2D eigenvalue weighted by molar-refractivity contribution is 9.10. The largest absolute Gasteiger partial charge is 0.351 e. The van der Waals surface area contributed by atoms with Gasteiger partial charge < -0.3 is 10.6 Å². The number of carbonyl (C=O) groups excluding carboxylic acids is 2. The summed E-state index contributed by atoms with van der Waals surface area (Å²) in [4.78, 5) is 23.7. The number of rotatable bonds is 5. The van der Waals surface area contributed by atoms with Gasteiger partial charge in [-0.3, -0.25) is 10.1 Å². The number of carbonyl (C=O) groups is 2. The second-order valence-corrected chi connectivity index (χ2v) is 4.85. The first-order chi connectivity index (χ1) is 8.49. The molecule has 0 fully saturated rings. The lowest BCUT2D eigenvalue weighted by atomic mass is 10.2. The number of nitrogens with zero attached hydrogens (tertiary/aromatic N) is 1. The molecule has 0 heterocycles. The van der Waals surface area contributed by atoms with Crippen LogP contribution in [0.1, 0.15) is 12.0 Å². The van der Waals surface area contributed by atoms with Gasteiger partial charge >= 0.3 is 6.03 Å². The Bertz CT molecular complexity index is 437. The van der Waals surface area contributed by atoms with Crippen LogP contribution in [0.2, 0.25) is 0 Å². The van der Waals surface area contributed by atoms with E-state index < -0.39 is 6.03 Å². The molecule has 0 radical (unpaired) electrons. The molecule has 0 spiro atoms. The van der Waals surface area contributed by atoms with E-state index in [9.17, 15) is 9.59 Å². The van der Waals surface area contributed by atoms with Crippen LogP contribution < -0.4 is 11.1 Å². The van der Waals surface area contributed by atoms with Crippen molar-refractivity contribution >= 4 is 27.9 Å². The van der Waals surface area contributed by atoms with E-state index in [1.165, 1.54) is 0 Å². The highest BCUT2D eigenvalue weighted by Crippen LogP contribution is 2.17. The Hall–Kier alpha value is -1.40. The lowest BCUT2D eigenvalue weighted by molar-refractivity contribution is -0.120. The van der Waals surface area contributed by atoms with Gasteiger partial charge in [-0.25, -0.2) is 4.79 Å². The summed E-state index contributed by atoms with van der Waals surface area (Å²) in [5, 5.41) is 2.04. The molecule has 0 aliphatic carbocycles. The molecule has 0 aromatic heterocycles. The standard InChI is InChI=1S/C12H16BrN3O2/c1-16(7-6-11(17)15-12(14)18)8-9-4-2-3-5-10(9)13/h2-5H,6-8H2,1H3,(H3,14,15,17,18). The van der Waals surface area contributed by atoms with E-state index in [0.717, 1.165) is 16.6 Å². The predicted octanol–water partition coefficient (Wildman–Crippen LogP) is 1.47. The molecule has 1 rings (SSSR count). The van der Waals surface area contributed by atoms with E-state index in [2.05, 4.69) is 15.9 Å². The smallest absolute Gasteiger partial charge is 0.318 e. The van der Waals surface area contributed by atoms with Crippen molar-refractivity contribution in [2.24, 2.45) is 5.73 Å². The summed E-state index contributed by atoms with van der Waals surface area (Å²) in [7, 11) is 1.91. The summed E-state index contributed by atoms with van der Waals surface area (Å²) >= 11 is 3.47. The second kappa shape index (κ2) is 7.13. The number of nitrogens with one attached hydrogen (secondary N) is 1. The molecule has 0 bridgehead atoms. The quantitative estimate of drug-likeness (QED) is 0.864. The summed E-state index contributed by atoms with van der Waals surface area (Å²) in [6.45, 7) is 1.28. The van der Waals surface area contributed by atoms with Gasteiger partial charge in [0, 0.05) is 24.0 Å². The van der Waals surface area contributed by atoms with Gasteiger partial charge in [-0.1, -0.05) is 34.1 Å². The molecule has 18 heavy (non-hydrogen) atoms. The first-order valence-corrected chi connectivity index (χ1v) is 6.29. The van der Waals surface area contributed by atoms with E-state index in [1.807, 2.05) is 41.5 Å². The molecular formula is C12H16BrN3O2. The Balaban J connectivity index is 2.38. The van der Waals surface area contributed by atoms with Crippen LogP contribution in [-0.2, 0) is 11.3 Å². The number of imide groups is 1. The first kappa shape index (κ1) is 14.7. The van der Waals surface area contributed by atoms with Gasteiger partial charge in [0.2, 0.25) is 5.91 Å². The number of primary amides is 1. The van der Waals surface area contributed by atoms with Gasteiger partial charge in [0.05, 0.1) is 0 Å². The van der Waals surface area contributed by atoms with Crippen LogP contribution in [0.3, 0.4) is 0 Å². The van der Waals surface area contributed by atoms with E-state index >= 15 is 0 Å². The molecule has 3 N–H and O–H groups in total. The van der Waals surface area contributed by atoms with Crippen LogP contribution in [0.4, 0.5) is 4.79 Å². The Morgan fingerprint density at radius 2 is 2.06 bits per heavy atom. The van der Waals surface area contributed by atoms with Crippen molar-refractivity contribution in [3.05, 3.63) is 34.3 Å². The summed E-state index contributed by atoms with van der Waals surface area (Å²) < 4.78 is 1.04. The minimum absolute atomic E-state index is 0.240. The van der Waals surface area contributed by atoms with Crippen LogP contribution in [0.15, 0.2) is 28.7 Å². The molecule has 0 saturated heterocycles. The number of hydrogen-bond acceptors (Lipinski definition) is 3. The highest BCUT2D eigenvalue weighted by atomic mass is 79.9. The van der Waals surface area contributed by atoms with Crippen molar-refractivity contribution in [1.82, 2.24) is 10.2 Å². The number of urea groups is 1. The number of nitrogens with two attached hydrogens (primary N) is 1. The van der Waals surface area contributed by atoms with Crippen molar-refractivity contribution in [3.8, 4) is 0 Å². The zero-order valence-corrected chi connectivity index (χ0v) is 11.7. The Kier molecular flexibility index (Phi) is 5.80. The Morgan fingerprint density at radius 3 is 2.67 bits per heavy atom. The molecule has 0 atom stereocenters. The molecule has 0 saturated carbocycles. The monoisotopic (exact) mass is 313 g/mol. The highest BCUT2D eigenvalue weighted by Gasteiger charge is 2.08. The average molecular weight is 314 g/mol.